The summed E-state index contributed by atoms with van der Waals surface area (Å²) in [5.41, 5.74) is 1.54. The fourth-order valence-corrected chi connectivity index (χ4v) is 2.57. The minimum absolute atomic E-state index is 0.0378. The van der Waals surface area contributed by atoms with Crippen molar-refractivity contribution in [3.05, 3.63) is 71.8 Å². The Morgan fingerprint density at radius 2 is 1.58 bits per heavy atom. The zero-order valence-electron chi connectivity index (χ0n) is 15.3. The summed E-state index contributed by atoms with van der Waals surface area (Å²) in [6, 6.07) is 16.3. The minimum Gasteiger partial charge on any atom is -0.427 e. The van der Waals surface area contributed by atoms with Gasteiger partial charge < -0.3 is 4.74 Å². The molecule has 0 N–H and O–H groups in total. The molecule has 2 aromatic carbocycles. The number of ether oxygens (including phenoxy) is 1. The van der Waals surface area contributed by atoms with Gasteiger partial charge in [0.2, 0.25) is 0 Å². The van der Waals surface area contributed by atoms with E-state index in [2.05, 4.69) is 6.92 Å². The summed E-state index contributed by atoms with van der Waals surface area (Å²) < 4.78 is 5.34. The van der Waals surface area contributed by atoms with Crippen molar-refractivity contribution in [2.45, 2.75) is 45.4 Å². The Balaban J connectivity index is 1.79. The van der Waals surface area contributed by atoms with Crippen molar-refractivity contribution in [1.29, 1.82) is 0 Å². The molecule has 3 heteroatoms. The van der Waals surface area contributed by atoms with Crippen LogP contribution in [0.4, 0.5) is 0 Å². The number of esters is 1. The molecule has 0 heterocycles. The van der Waals surface area contributed by atoms with Crippen LogP contribution in [-0.4, -0.2) is 11.8 Å². The van der Waals surface area contributed by atoms with Crippen LogP contribution in [0.15, 0.2) is 60.7 Å². The van der Waals surface area contributed by atoms with Gasteiger partial charge in [-0.05, 0) is 30.2 Å². The molecule has 0 bridgehead atoms. The van der Waals surface area contributed by atoms with Crippen LogP contribution < -0.4 is 4.74 Å². The summed E-state index contributed by atoms with van der Waals surface area (Å²) >= 11 is 0. The number of hydrogen-bond acceptors (Lipinski definition) is 3. The van der Waals surface area contributed by atoms with Gasteiger partial charge in [0, 0.05) is 12.0 Å². The molecule has 0 aliphatic rings. The molecule has 0 saturated carbocycles. The fraction of sp³-hybridized carbons (Fsp3) is 0.304. The summed E-state index contributed by atoms with van der Waals surface area (Å²) in [5, 5.41) is 0. The maximum atomic E-state index is 12.0. The fourth-order valence-electron chi connectivity index (χ4n) is 2.57. The molecule has 0 unspecified atom stereocenters. The van der Waals surface area contributed by atoms with Crippen LogP contribution in [0.2, 0.25) is 0 Å². The lowest BCUT2D eigenvalue weighted by Crippen LogP contribution is -2.07. The Morgan fingerprint density at radius 1 is 0.885 bits per heavy atom. The highest BCUT2D eigenvalue weighted by Crippen LogP contribution is 2.15. The van der Waals surface area contributed by atoms with E-state index in [1.54, 1.807) is 36.4 Å². The van der Waals surface area contributed by atoms with E-state index in [1.165, 1.54) is 19.3 Å². The van der Waals surface area contributed by atoms with Crippen LogP contribution in [0.5, 0.6) is 5.75 Å². The summed E-state index contributed by atoms with van der Waals surface area (Å²) in [4.78, 5) is 23.9. The second-order valence-electron chi connectivity index (χ2n) is 6.27. The number of allylic oxidation sites excluding steroid dienone is 1. The van der Waals surface area contributed by atoms with E-state index in [0.717, 1.165) is 18.4 Å². The Bertz CT molecular complexity index is 715. The van der Waals surface area contributed by atoms with Crippen LogP contribution in [-0.2, 0) is 4.79 Å². The first kappa shape index (κ1) is 19.6. The third-order valence-electron chi connectivity index (χ3n) is 4.08. The van der Waals surface area contributed by atoms with Gasteiger partial charge in [0.1, 0.15) is 5.75 Å². The van der Waals surface area contributed by atoms with Crippen molar-refractivity contribution in [3.8, 4) is 5.75 Å². The molecule has 0 saturated heterocycles. The zero-order valence-corrected chi connectivity index (χ0v) is 15.3. The second-order valence-corrected chi connectivity index (χ2v) is 6.27. The predicted octanol–water partition coefficient (Wildman–Crippen LogP) is 5.85. The van der Waals surface area contributed by atoms with Gasteiger partial charge in [-0.15, -0.1) is 0 Å². The molecule has 2 rings (SSSR count). The molecule has 3 nitrogen and oxygen atoms in total. The highest BCUT2D eigenvalue weighted by atomic mass is 16.5. The number of ketones is 1. The van der Waals surface area contributed by atoms with Gasteiger partial charge in [0.15, 0.2) is 5.78 Å². The summed E-state index contributed by atoms with van der Waals surface area (Å²) in [5.74, 6) is 0.309. The van der Waals surface area contributed by atoms with Gasteiger partial charge in [0.05, 0.1) is 0 Å². The normalized spacial score (nSPS) is 10.8. The van der Waals surface area contributed by atoms with Crippen LogP contribution in [0.3, 0.4) is 0 Å². The average molecular weight is 350 g/mol. The molecular weight excluding hydrogens is 324 g/mol. The number of carbonyl (C=O) groups is 2. The molecule has 0 aliphatic heterocycles. The number of rotatable bonds is 10. The SMILES string of the molecule is CCCCCCCC(=O)Oc1ccc(/C=C/C(=O)c2ccccc2)cc1. The van der Waals surface area contributed by atoms with Gasteiger partial charge in [-0.3, -0.25) is 9.59 Å². The van der Waals surface area contributed by atoms with Crippen LogP contribution in [0, 0.1) is 0 Å². The van der Waals surface area contributed by atoms with E-state index < -0.39 is 0 Å². The topological polar surface area (TPSA) is 43.4 Å². The first-order valence-electron chi connectivity index (χ1n) is 9.27. The number of hydrogen-bond donors (Lipinski definition) is 0. The monoisotopic (exact) mass is 350 g/mol. The largest absolute Gasteiger partial charge is 0.427 e. The van der Waals surface area contributed by atoms with E-state index in [9.17, 15) is 9.59 Å². The molecule has 2 aromatic rings. The van der Waals surface area contributed by atoms with E-state index in [0.29, 0.717) is 17.7 Å². The van der Waals surface area contributed by atoms with E-state index in [-0.39, 0.29) is 11.8 Å². The zero-order chi connectivity index (χ0) is 18.6. The number of unbranched alkanes of at least 4 members (excludes halogenated alkanes) is 4. The Labute approximate surface area is 155 Å². The number of carbonyl (C=O) groups excluding carboxylic acids is 2. The lowest BCUT2D eigenvalue weighted by molar-refractivity contribution is -0.134. The van der Waals surface area contributed by atoms with E-state index in [1.807, 2.05) is 30.3 Å². The molecule has 0 aromatic heterocycles. The quantitative estimate of drug-likeness (QED) is 0.177. The molecular formula is C23H26O3. The maximum absolute atomic E-state index is 12.0. The Hall–Kier alpha value is -2.68. The van der Waals surface area contributed by atoms with E-state index in [4.69, 9.17) is 4.74 Å². The summed E-state index contributed by atoms with van der Waals surface area (Å²) in [7, 11) is 0. The van der Waals surface area contributed by atoms with Gasteiger partial charge in [-0.2, -0.15) is 0 Å². The second kappa shape index (κ2) is 11.0. The summed E-state index contributed by atoms with van der Waals surface area (Å²) in [6.45, 7) is 2.17. The molecule has 0 aliphatic carbocycles. The average Bonchev–Trinajstić information content (AvgIpc) is 2.67. The predicted molar refractivity (Wildman–Crippen MR) is 105 cm³/mol. The lowest BCUT2D eigenvalue weighted by Gasteiger charge is -2.04. The summed E-state index contributed by atoms with van der Waals surface area (Å²) in [6.07, 6.45) is 9.30. The van der Waals surface area contributed by atoms with Crippen molar-refractivity contribution in [1.82, 2.24) is 0 Å². The van der Waals surface area contributed by atoms with Gasteiger partial charge >= 0.3 is 5.97 Å². The lowest BCUT2D eigenvalue weighted by atomic mass is 10.1. The van der Waals surface area contributed by atoms with Crippen molar-refractivity contribution < 1.29 is 14.3 Å². The first-order chi connectivity index (χ1) is 12.7. The van der Waals surface area contributed by atoms with Gasteiger partial charge in [0.25, 0.3) is 0 Å². The van der Waals surface area contributed by atoms with Gasteiger partial charge in [-0.1, -0.05) is 81.1 Å². The molecule has 0 amide bonds. The van der Waals surface area contributed by atoms with Crippen molar-refractivity contribution in [3.63, 3.8) is 0 Å². The Kier molecular flexibility index (Phi) is 8.34. The van der Waals surface area contributed by atoms with Crippen LogP contribution in [0.25, 0.3) is 6.08 Å². The Morgan fingerprint density at radius 3 is 2.27 bits per heavy atom. The molecule has 0 atom stereocenters. The minimum atomic E-state index is -0.191. The maximum Gasteiger partial charge on any atom is 0.311 e. The van der Waals surface area contributed by atoms with Crippen molar-refractivity contribution in [2.24, 2.45) is 0 Å². The van der Waals surface area contributed by atoms with Crippen LogP contribution >= 0.6 is 0 Å². The highest BCUT2D eigenvalue weighted by Gasteiger charge is 2.05. The number of benzene rings is 2. The molecule has 0 fully saturated rings. The standard InChI is InChI=1S/C23H26O3/c1-2-3-4-5-9-12-23(25)26-21-16-13-19(14-17-21)15-18-22(24)20-10-7-6-8-11-20/h6-8,10-11,13-18H,2-5,9,12H2,1H3/b18-15+. The van der Waals surface area contributed by atoms with Crippen LogP contribution in [0.1, 0.15) is 61.4 Å². The van der Waals surface area contributed by atoms with Gasteiger partial charge in [-0.25, -0.2) is 0 Å². The van der Waals surface area contributed by atoms with Crippen molar-refractivity contribution in [2.75, 3.05) is 0 Å². The van der Waals surface area contributed by atoms with E-state index >= 15 is 0 Å². The highest BCUT2D eigenvalue weighted by molar-refractivity contribution is 6.06. The third kappa shape index (κ3) is 7.06. The first-order valence-corrected chi connectivity index (χ1v) is 9.27. The molecule has 136 valence electrons. The van der Waals surface area contributed by atoms with Crippen molar-refractivity contribution >= 4 is 17.8 Å². The smallest absolute Gasteiger partial charge is 0.311 e. The molecule has 0 radical (unpaired) electrons. The molecule has 0 spiro atoms. The molecule has 26 heavy (non-hydrogen) atoms. The third-order valence-corrected chi connectivity index (χ3v) is 4.08.